The summed E-state index contributed by atoms with van der Waals surface area (Å²) in [6.45, 7) is 4.72. The number of nitrogens with one attached hydrogen (secondary N) is 1. The molecule has 0 bridgehead atoms. The molecule has 0 aliphatic heterocycles. The number of amides is 1. The third-order valence-electron chi connectivity index (χ3n) is 3.87. The average Bonchev–Trinajstić information content (AvgIpc) is 2.73. The van der Waals surface area contributed by atoms with Gasteiger partial charge >= 0.3 is 0 Å². The van der Waals surface area contributed by atoms with Gasteiger partial charge in [0.05, 0.1) is 30.7 Å². The van der Waals surface area contributed by atoms with E-state index in [1.165, 1.54) is 0 Å². The van der Waals surface area contributed by atoms with Crippen LogP contribution < -0.4 is 10.1 Å². The molecule has 2 rings (SSSR count). The number of carbonyl (C=O) groups excluding carboxylic acids is 1. The van der Waals surface area contributed by atoms with Crippen LogP contribution in [0, 0.1) is 13.8 Å². The number of hydrogen-bond acceptors (Lipinski definition) is 4. The quantitative estimate of drug-likeness (QED) is 0.817. The highest BCUT2D eigenvalue weighted by atomic mass is 79.9. The Morgan fingerprint density at radius 3 is 2.71 bits per heavy atom. The summed E-state index contributed by atoms with van der Waals surface area (Å²) in [6.07, 6.45) is 0. The van der Waals surface area contributed by atoms with Gasteiger partial charge in [-0.05, 0) is 39.1 Å². The Morgan fingerprint density at radius 1 is 1.42 bits per heavy atom. The molecule has 7 heteroatoms. The number of aryl methyl sites for hydroxylation is 2. The van der Waals surface area contributed by atoms with Crippen molar-refractivity contribution in [3.05, 3.63) is 39.6 Å². The van der Waals surface area contributed by atoms with Crippen LogP contribution in [0.3, 0.4) is 0 Å². The molecule has 2 aromatic rings. The predicted molar refractivity (Wildman–Crippen MR) is 98.3 cm³/mol. The number of ether oxygens (including phenoxy) is 1. The second-order valence-corrected chi connectivity index (χ2v) is 6.76. The van der Waals surface area contributed by atoms with E-state index in [0.29, 0.717) is 6.54 Å². The van der Waals surface area contributed by atoms with Crippen LogP contribution in [0.2, 0.25) is 0 Å². The number of rotatable bonds is 6. The zero-order valence-corrected chi connectivity index (χ0v) is 16.3. The van der Waals surface area contributed by atoms with Crippen molar-refractivity contribution in [2.24, 2.45) is 7.05 Å². The topological polar surface area (TPSA) is 59.4 Å². The zero-order chi connectivity index (χ0) is 17.9. The number of anilines is 1. The Hall–Kier alpha value is -1.86. The molecule has 0 aliphatic rings. The van der Waals surface area contributed by atoms with Crippen LogP contribution >= 0.6 is 15.9 Å². The van der Waals surface area contributed by atoms with Crippen molar-refractivity contribution >= 4 is 27.5 Å². The van der Waals surface area contributed by atoms with Crippen LogP contribution in [-0.4, -0.2) is 41.3 Å². The number of nitrogens with zero attached hydrogens (tertiary/aromatic N) is 3. The highest BCUT2D eigenvalue weighted by Gasteiger charge is 2.15. The second kappa shape index (κ2) is 7.81. The molecule has 1 aromatic carbocycles. The Balaban J connectivity index is 2.00. The van der Waals surface area contributed by atoms with Gasteiger partial charge < -0.3 is 10.1 Å². The monoisotopic (exact) mass is 394 g/mol. The van der Waals surface area contributed by atoms with Gasteiger partial charge in [-0.15, -0.1) is 0 Å². The van der Waals surface area contributed by atoms with Crippen LogP contribution in [0.15, 0.2) is 22.7 Å². The summed E-state index contributed by atoms with van der Waals surface area (Å²) in [4.78, 5) is 14.3. The highest BCUT2D eigenvalue weighted by molar-refractivity contribution is 9.10. The Morgan fingerprint density at radius 2 is 2.12 bits per heavy atom. The third-order valence-corrected chi connectivity index (χ3v) is 4.36. The van der Waals surface area contributed by atoms with Crippen molar-refractivity contribution in [1.29, 1.82) is 0 Å². The fraction of sp³-hybridized carbons (Fsp3) is 0.412. The van der Waals surface area contributed by atoms with Crippen molar-refractivity contribution in [3.8, 4) is 5.75 Å². The molecule has 0 saturated heterocycles. The number of methoxy groups -OCH3 is 1. The fourth-order valence-corrected chi connectivity index (χ4v) is 3.00. The maximum absolute atomic E-state index is 12.3. The van der Waals surface area contributed by atoms with E-state index < -0.39 is 0 Å². The van der Waals surface area contributed by atoms with Crippen molar-refractivity contribution in [2.45, 2.75) is 20.4 Å². The van der Waals surface area contributed by atoms with Gasteiger partial charge in [0.2, 0.25) is 5.91 Å². The minimum atomic E-state index is -0.0642. The lowest BCUT2D eigenvalue weighted by Gasteiger charge is -2.18. The van der Waals surface area contributed by atoms with E-state index in [1.807, 2.05) is 51.0 Å². The average molecular weight is 395 g/mol. The van der Waals surface area contributed by atoms with Crippen molar-refractivity contribution in [1.82, 2.24) is 14.7 Å². The second-order valence-electron chi connectivity index (χ2n) is 5.85. The zero-order valence-electron chi connectivity index (χ0n) is 14.7. The molecule has 0 radical (unpaired) electrons. The molecule has 1 heterocycles. The molecule has 0 unspecified atom stereocenters. The molecule has 0 spiro atoms. The SMILES string of the molecule is COc1ccc(Br)cc1CN(C)CC(=O)Nc1c(C)nn(C)c1C. The number of likely N-dealkylation sites (N-methyl/N-ethyl adjacent to an activating group) is 1. The first-order chi connectivity index (χ1) is 11.3. The lowest BCUT2D eigenvalue weighted by Crippen LogP contribution is -2.30. The normalized spacial score (nSPS) is 11.0. The first-order valence-corrected chi connectivity index (χ1v) is 8.42. The van der Waals surface area contributed by atoms with E-state index in [2.05, 4.69) is 26.3 Å². The first kappa shape index (κ1) is 18.5. The first-order valence-electron chi connectivity index (χ1n) is 7.62. The van der Waals surface area contributed by atoms with Crippen molar-refractivity contribution < 1.29 is 9.53 Å². The van der Waals surface area contributed by atoms with Crippen molar-refractivity contribution in [2.75, 3.05) is 26.0 Å². The Kier molecular flexibility index (Phi) is 6.01. The summed E-state index contributed by atoms with van der Waals surface area (Å²) in [7, 11) is 5.42. The van der Waals surface area contributed by atoms with E-state index in [4.69, 9.17) is 4.74 Å². The summed E-state index contributed by atoms with van der Waals surface area (Å²) in [6, 6.07) is 5.85. The van der Waals surface area contributed by atoms with Gasteiger partial charge in [-0.2, -0.15) is 5.10 Å². The minimum Gasteiger partial charge on any atom is -0.496 e. The summed E-state index contributed by atoms with van der Waals surface area (Å²) < 4.78 is 8.13. The molecule has 1 amide bonds. The minimum absolute atomic E-state index is 0.0642. The molecule has 0 atom stereocenters. The number of aromatic nitrogens is 2. The molecule has 24 heavy (non-hydrogen) atoms. The predicted octanol–water partition coefficient (Wildman–Crippen LogP) is 2.88. The standard InChI is InChI=1S/C17H23BrN4O2/c1-11-17(12(2)22(4)20-11)19-16(23)10-21(3)9-13-8-14(18)6-7-15(13)24-5/h6-8H,9-10H2,1-5H3,(H,19,23). The van der Waals surface area contributed by atoms with E-state index >= 15 is 0 Å². The van der Waals surface area contributed by atoms with Crippen LogP contribution in [0.25, 0.3) is 0 Å². The molecule has 130 valence electrons. The van der Waals surface area contributed by atoms with Gasteiger partial charge in [0.15, 0.2) is 0 Å². The molecule has 1 N–H and O–H groups in total. The van der Waals surface area contributed by atoms with Crippen LogP contribution in [0.5, 0.6) is 5.75 Å². The van der Waals surface area contributed by atoms with Gasteiger partial charge in [0.25, 0.3) is 0 Å². The molecule has 1 aromatic heterocycles. The fourth-order valence-electron chi connectivity index (χ4n) is 2.60. The number of halogens is 1. The van der Waals surface area contributed by atoms with Gasteiger partial charge in [-0.3, -0.25) is 14.4 Å². The largest absolute Gasteiger partial charge is 0.496 e. The van der Waals surface area contributed by atoms with Crippen LogP contribution in [0.4, 0.5) is 5.69 Å². The molecular weight excluding hydrogens is 372 g/mol. The maximum atomic E-state index is 12.3. The van der Waals surface area contributed by atoms with E-state index in [1.54, 1.807) is 11.8 Å². The lowest BCUT2D eigenvalue weighted by molar-refractivity contribution is -0.117. The third kappa shape index (κ3) is 4.36. The summed E-state index contributed by atoms with van der Waals surface area (Å²) in [5.74, 6) is 0.745. The van der Waals surface area contributed by atoms with E-state index in [0.717, 1.165) is 32.9 Å². The molecular formula is C17H23BrN4O2. The van der Waals surface area contributed by atoms with E-state index in [-0.39, 0.29) is 12.5 Å². The Labute approximate surface area is 150 Å². The van der Waals surface area contributed by atoms with E-state index in [9.17, 15) is 4.79 Å². The lowest BCUT2D eigenvalue weighted by atomic mass is 10.2. The molecule has 0 fully saturated rings. The van der Waals surface area contributed by atoms with Gasteiger partial charge in [-0.1, -0.05) is 15.9 Å². The molecule has 6 nitrogen and oxygen atoms in total. The van der Waals surface area contributed by atoms with Gasteiger partial charge in [-0.25, -0.2) is 0 Å². The van der Waals surface area contributed by atoms with Crippen LogP contribution in [-0.2, 0) is 18.4 Å². The smallest absolute Gasteiger partial charge is 0.238 e. The molecule has 0 saturated carbocycles. The summed E-state index contributed by atoms with van der Waals surface area (Å²) in [5.41, 5.74) is 3.57. The van der Waals surface area contributed by atoms with Gasteiger partial charge in [0, 0.05) is 23.6 Å². The van der Waals surface area contributed by atoms with Crippen molar-refractivity contribution in [3.63, 3.8) is 0 Å². The number of carbonyl (C=O) groups is 1. The maximum Gasteiger partial charge on any atom is 0.238 e. The number of hydrogen-bond donors (Lipinski definition) is 1. The number of benzene rings is 1. The van der Waals surface area contributed by atoms with Gasteiger partial charge in [0.1, 0.15) is 5.75 Å². The molecule has 0 aliphatic carbocycles. The highest BCUT2D eigenvalue weighted by Crippen LogP contribution is 2.24. The van der Waals surface area contributed by atoms with Crippen LogP contribution in [0.1, 0.15) is 17.0 Å². The Bertz CT molecular complexity index is 742. The summed E-state index contributed by atoms with van der Waals surface area (Å²) in [5, 5.41) is 7.26. The summed E-state index contributed by atoms with van der Waals surface area (Å²) >= 11 is 3.47.